The molecule has 2 unspecified atom stereocenters. The molecule has 0 bridgehead atoms. The van der Waals surface area contributed by atoms with Crippen LogP contribution in [0, 0.1) is 5.92 Å². The summed E-state index contributed by atoms with van der Waals surface area (Å²) in [4.78, 5) is 27.7. The molecule has 0 spiro atoms. The van der Waals surface area contributed by atoms with E-state index in [1.54, 1.807) is 38.4 Å². The second kappa shape index (κ2) is 6.79. The van der Waals surface area contributed by atoms with E-state index in [1.807, 2.05) is 11.8 Å². The first-order valence-corrected chi connectivity index (χ1v) is 7.51. The Bertz CT molecular complexity index is 559. The molecule has 0 radical (unpaired) electrons. The van der Waals surface area contributed by atoms with E-state index in [2.05, 4.69) is 5.32 Å². The van der Waals surface area contributed by atoms with Crippen LogP contribution in [0.3, 0.4) is 0 Å². The van der Waals surface area contributed by atoms with Crippen LogP contribution in [0.1, 0.15) is 23.7 Å². The van der Waals surface area contributed by atoms with E-state index in [9.17, 15) is 9.59 Å². The minimum absolute atomic E-state index is 0.00981. The van der Waals surface area contributed by atoms with Crippen LogP contribution in [0.4, 0.5) is 10.5 Å². The van der Waals surface area contributed by atoms with E-state index in [-0.39, 0.29) is 18.0 Å². The van der Waals surface area contributed by atoms with Crippen molar-refractivity contribution in [3.63, 3.8) is 0 Å². The smallest absolute Gasteiger partial charge is 0.321 e. The minimum Gasteiger partial charge on any atom is -0.336 e. The van der Waals surface area contributed by atoms with Gasteiger partial charge in [-0.15, -0.1) is 0 Å². The van der Waals surface area contributed by atoms with E-state index in [0.717, 1.165) is 6.42 Å². The van der Waals surface area contributed by atoms with E-state index in [0.29, 0.717) is 30.3 Å². The molecule has 1 saturated heterocycles. The standard InChI is InChI=1S/C16H24N4O2/c1-11-7-12(9-17)10-20(11)15(21)13-5-4-6-14(8-13)18-16(22)19(2)3/h4-6,8,11-12H,7,9-10,17H2,1-3H3,(H,18,22). The number of nitrogens with two attached hydrogens (primary N) is 1. The quantitative estimate of drug-likeness (QED) is 0.890. The lowest BCUT2D eigenvalue weighted by Gasteiger charge is -2.22. The van der Waals surface area contributed by atoms with Gasteiger partial charge in [0.2, 0.25) is 0 Å². The first-order valence-electron chi connectivity index (χ1n) is 7.51. The van der Waals surface area contributed by atoms with Crippen molar-refractivity contribution in [3.05, 3.63) is 29.8 Å². The Hall–Kier alpha value is -2.08. The summed E-state index contributed by atoms with van der Waals surface area (Å²) in [5.41, 5.74) is 6.92. The van der Waals surface area contributed by atoms with Gasteiger partial charge in [0.25, 0.3) is 5.91 Å². The molecule has 1 aliphatic heterocycles. The van der Waals surface area contributed by atoms with Crippen molar-refractivity contribution in [1.82, 2.24) is 9.80 Å². The number of rotatable bonds is 3. The number of carbonyl (C=O) groups excluding carboxylic acids is 2. The van der Waals surface area contributed by atoms with Crippen LogP contribution in [0.2, 0.25) is 0 Å². The Balaban J connectivity index is 2.12. The van der Waals surface area contributed by atoms with Crippen LogP contribution >= 0.6 is 0 Å². The molecule has 0 aromatic heterocycles. The van der Waals surface area contributed by atoms with Crippen molar-refractivity contribution in [1.29, 1.82) is 0 Å². The average molecular weight is 304 g/mol. The summed E-state index contributed by atoms with van der Waals surface area (Å²) < 4.78 is 0. The fraction of sp³-hybridized carbons (Fsp3) is 0.500. The fourth-order valence-electron chi connectivity index (χ4n) is 2.73. The second-order valence-electron chi connectivity index (χ2n) is 6.05. The van der Waals surface area contributed by atoms with Gasteiger partial charge in [-0.2, -0.15) is 0 Å². The number of hydrogen-bond donors (Lipinski definition) is 2. The predicted octanol–water partition coefficient (Wildman–Crippen LogP) is 1.59. The number of anilines is 1. The third-order valence-corrected chi connectivity index (χ3v) is 4.02. The van der Waals surface area contributed by atoms with E-state index in [4.69, 9.17) is 5.73 Å². The molecule has 6 heteroatoms. The lowest BCUT2D eigenvalue weighted by Crippen LogP contribution is -2.34. The third kappa shape index (κ3) is 3.57. The van der Waals surface area contributed by atoms with Gasteiger partial charge in [-0.1, -0.05) is 6.07 Å². The molecule has 3 N–H and O–H groups in total. The molecule has 22 heavy (non-hydrogen) atoms. The maximum Gasteiger partial charge on any atom is 0.321 e. The summed E-state index contributed by atoms with van der Waals surface area (Å²) in [6.07, 6.45) is 0.944. The molecule has 2 atom stereocenters. The zero-order valence-electron chi connectivity index (χ0n) is 13.4. The Kier molecular flexibility index (Phi) is 5.03. The molecular weight excluding hydrogens is 280 g/mol. The first-order chi connectivity index (χ1) is 10.4. The summed E-state index contributed by atoms with van der Waals surface area (Å²) in [6.45, 7) is 3.35. The van der Waals surface area contributed by atoms with Gasteiger partial charge in [0.05, 0.1) is 0 Å². The normalized spacial score (nSPS) is 20.8. The Morgan fingerprint density at radius 2 is 2.14 bits per heavy atom. The van der Waals surface area contributed by atoms with Crippen LogP contribution in [-0.2, 0) is 0 Å². The van der Waals surface area contributed by atoms with Gasteiger partial charge in [-0.25, -0.2) is 4.79 Å². The van der Waals surface area contributed by atoms with Crippen molar-refractivity contribution >= 4 is 17.6 Å². The van der Waals surface area contributed by atoms with Crippen molar-refractivity contribution in [2.75, 3.05) is 32.5 Å². The molecular formula is C16H24N4O2. The maximum atomic E-state index is 12.7. The number of nitrogens with zero attached hydrogens (tertiary/aromatic N) is 2. The summed E-state index contributed by atoms with van der Waals surface area (Å²) in [7, 11) is 3.34. The molecule has 1 fully saturated rings. The zero-order valence-corrected chi connectivity index (χ0v) is 13.4. The summed E-state index contributed by atoms with van der Waals surface area (Å²) in [6, 6.07) is 7.01. The van der Waals surface area contributed by atoms with Gasteiger partial charge in [0.15, 0.2) is 0 Å². The van der Waals surface area contributed by atoms with E-state index < -0.39 is 0 Å². The van der Waals surface area contributed by atoms with Crippen LogP contribution in [-0.4, -0.2) is 55.0 Å². The monoisotopic (exact) mass is 304 g/mol. The first kappa shape index (κ1) is 16.3. The van der Waals surface area contributed by atoms with Crippen molar-refractivity contribution in [2.24, 2.45) is 11.7 Å². The average Bonchev–Trinajstić information content (AvgIpc) is 2.87. The molecule has 1 aromatic rings. The van der Waals surface area contributed by atoms with Gasteiger partial charge < -0.3 is 20.9 Å². The number of nitrogens with one attached hydrogen (secondary N) is 1. The number of likely N-dealkylation sites (tertiary alicyclic amines) is 1. The number of amides is 3. The van der Waals surface area contributed by atoms with Gasteiger partial charge in [-0.05, 0) is 44.0 Å². The number of carbonyl (C=O) groups is 2. The van der Waals surface area contributed by atoms with Crippen molar-refractivity contribution in [3.8, 4) is 0 Å². The predicted molar refractivity (Wildman–Crippen MR) is 86.8 cm³/mol. The summed E-state index contributed by atoms with van der Waals surface area (Å²) in [5, 5.41) is 2.75. The molecule has 0 saturated carbocycles. The van der Waals surface area contributed by atoms with E-state index in [1.165, 1.54) is 4.90 Å². The van der Waals surface area contributed by atoms with Gasteiger partial charge in [0, 0.05) is 37.9 Å². The number of hydrogen-bond acceptors (Lipinski definition) is 3. The van der Waals surface area contributed by atoms with Crippen molar-refractivity contribution in [2.45, 2.75) is 19.4 Å². The number of benzene rings is 1. The zero-order chi connectivity index (χ0) is 16.3. The third-order valence-electron chi connectivity index (χ3n) is 4.02. The molecule has 1 heterocycles. The highest BCUT2D eigenvalue weighted by molar-refractivity contribution is 5.97. The molecule has 1 aromatic carbocycles. The molecule has 0 aliphatic carbocycles. The minimum atomic E-state index is -0.220. The topological polar surface area (TPSA) is 78.7 Å². The van der Waals surface area contributed by atoms with Crippen LogP contribution in [0.5, 0.6) is 0 Å². The molecule has 3 amide bonds. The molecule has 120 valence electrons. The molecule has 2 rings (SSSR count). The van der Waals surface area contributed by atoms with Gasteiger partial charge in [-0.3, -0.25) is 4.79 Å². The van der Waals surface area contributed by atoms with Crippen LogP contribution < -0.4 is 11.1 Å². The molecule has 1 aliphatic rings. The largest absolute Gasteiger partial charge is 0.336 e. The summed E-state index contributed by atoms with van der Waals surface area (Å²) >= 11 is 0. The lowest BCUT2D eigenvalue weighted by molar-refractivity contribution is 0.0743. The maximum absolute atomic E-state index is 12.7. The highest BCUT2D eigenvalue weighted by Gasteiger charge is 2.32. The lowest BCUT2D eigenvalue weighted by atomic mass is 10.1. The van der Waals surface area contributed by atoms with Crippen molar-refractivity contribution < 1.29 is 9.59 Å². The Morgan fingerprint density at radius 3 is 2.73 bits per heavy atom. The second-order valence-corrected chi connectivity index (χ2v) is 6.05. The Morgan fingerprint density at radius 1 is 1.41 bits per heavy atom. The van der Waals surface area contributed by atoms with Gasteiger partial charge in [0.1, 0.15) is 0 Å². The number of urea groups is 1. The van der Waals surface area contributed by atoms with Crippen LogP contribution in [0.25, 0.3) is 0 Å². The summed E-state index contributed by atoms with van der Waals surface area (Å²) in [5.74, 6) is 0.361. The van der Waals surface area contributed by atoms with Crippen LogP contribution in [0.15, 0.2) is 24.3 Å². The van der Waals surface area contributed by atoms with E-state index >= 15 is 0 Å². The SMILES string of the molecule is CC1CC(CN)CN1C(=O)c1cccc(NC(=O)N(C)C)c1. The highest BCUT2D eigenvalue weighted by atomic mass is 16.2. The highest BCUT2D eigenvalue weighted by Crippen LogP contribution is 2.24. The molecule has 6 nitrogen and oxygen atoms in total. The van der Waals surface area contributed by atoms with Gasteiger partial charge >= 0.3 is 6.03 Å². The Labute approximate surface area is 131 Å². The fourth-order valence-corrected chi connectivity index (χ4v) is 2.73.